The van der Waals surface area contributed by atoms with Gasteiger partial charge in [0.1, 0.15) is 13.2 Å². The molecule has 0 N–H and O–H groups in total. The Hall–Kier alpha value is -3.93. The van der Waals surface area contributed by atoms with E-state index in [1.165, 1.54) is 70.6 Å². The molecule has 338 valence electrons. The van der Waals surface area contributed by atoms with E-state index in [1.807, 2.05) is 54.7 Å². The van der Waals surface area contributed by atoms with Gasteiger partial charge in [-0.15, -0.1) is 0 Å². The van der Waals surface area contributed by atoms with Crippen LogP contribution in [0.15, 0.2) is 109 Å². The molecule has 0 aromatic carbocycles. The Kier molecular flexibility index (Phi) is 44.6. The fourth-order valence-corrected chi connectivity index (χ4v) is 6.08. The van der Waals surface area contributed by atoms with Crippen molar-refractivity contribution in [3.63, 3.8) is 0 Å². The van der Waals surface area contributed by atoms with Crippen molar-refractivity contribution in [2.24, 2.45) is 0 Å². The van der Waals surface area contributed by atoms with Gasteiger partial charge in [-0.3, -0.25) is 14.4 Å². The lowest BCUT2D eigenvalue weighted by Crippen LogP contribution is -2.30. The van der Waals surface area contributed by atoms with Gasteiger partial charge in [0.2, 0.25) is 0 Å². The molecule has 0 spiro atoms. The normalized spacial score (nSPS) is 13.1. The van der Waals surface area contributed by atoms with Gasteiger partial charge in [-0.1, -0.05) is 201 Å². The molecular formula is C54H86O6. The molecule has 0 aliphatic heterocycles. The lowest BCUT2D eigenvalue weighted by molar-refractivity contribution is -0.167. The third-order valence-corrected chi connectivity index (χ3v) is 9.62. The molecule has 0 fully saturated rings. The lowest BCUT2D eigenvalue weighted by Gasteiger charge is -2.18. The summed E-state index contributed by atoms with van der Waals surface area (Å²) in [5.41, 5.74) is 0. The molecule has 0 rings (SSSR count). The molecule has 6 heteroatoms. The highest BCUT2D eigenvalue weighted by atomic mass is 16.6. The second-order valence-corrected chi connectivity index (χ2v) is 15.4. The molecule has 1 unspecified atom stereocenters. The average Bonchev–Trinajstić information content (AvgIpc) is 3.24. The van der Waals surface area contributed by atoms with Crippen molar-refractivity contribution in [3.05, 3.63) is 109 Å². The third-order valence-electron chi connectivity index (χ3n) is 9.62. The maximum absolute atomic E-state index is 12.7. The molecule has 0 aromatic heterocycles. The van der Waals surface area contributed by atoms with E-state index in [0.717, 1.165) is 70.6 Å². The zero-order valence-corrected chi connectivity index (χ0v) is 38.4. The molecule has 0 amide bonds. The molecular weight excluding hydrogens is 745 g/mol. The first-order chi connectivity index (χ1) is 29.5. The number of rotatable bonds is 41. The summed E-state index contributed by atoms with van der Waals surface area (Å²) in [4.78, 5) is 37.8. The van der Waals surface area contributed by atoms with Crippen molar-refractivity contribution in [1.82, 2.24) is 0 Å². The predicted octanol–water partition coefficient (Wildman–Crippen LogP) is 15.6. The van der Waals surface area contributed by atoms with Crippen LogP contribution in [-0.2, 0) is 28.6 Å². The molecule has 0 heterocycles. The standard InChI is InChI=1S/C54H86O6/c1-4-7-10-13-16-19-22-24-25-26-27-28-30-32-35-38-41-44-47-53(56)59-50-51(49-58-52(55)46-43-40-37-34-31-21-18-15-12-9-6-3)60-54(57)48-45-42-39-36-33-29-23-20-17-14-11-8-5-2/h8-9,11-12,14,17-18,20-21,23,27-29,33-34,36-37,39,51H,4-7,10,13,15-16,19,22,24-26,30-32,35,38,40-50H2,1-3H3/b11-8-,12-9-,17-14-,21-18-,23-20-,28-27-,33-29-,37-34-,39-36-. The highest BCUT2D eigenvalue weighted by Crippen LogP contribution is 2.13. The van der Waals surface area contributed by atoms with E-state index in [0.29, 0.717) is 19.3 Å². The van der Waals surface area contributed by atoms with Crippen molar-refractivity contribution >= 4 is 17.9 Å². The number of ether oxygens (including phenoxy) is 3. The SMILES string of the molecule is CC\C=C/C=C\C=C/C=C\C=C/CCCC(=O)OC(COC(=O)CCC/C=C\C/C=C\C/C=C\CC)COC(=O)CCCCCCC/C=C\CCCCCCCCCCC. The zero-order valence-electron chi connectivity index (χ0n) is 38.4. The average molecular weight is 831 g/mol. The predicted molar refractivity (Wildman–Crippen MR) is 256 cm³/mol. The monoisotopic (exact) mass is 831 g/mol. The van der Waals surface area contributed by atoms with Gasteiger partial charge in [0.05, 0.1) is 0 Å². The fraction of sp³-hybridized carbons (Fsp3) is 0.611. The molecule has 0 aliphatic rings. The van der Waals surface area contributed by atoms with Gasteiger partial charge in [-0.25, -0.2) is 0 Å². The molecule has 0 radical (unpaired) electrons. The molecule has 60 heavy (non-hydrogen) atoms. The van der Waals surface area contributed by atoms with Crippen LogP contribution in [-0.4, -0.2) is 37.2 Å². The van der Waals surface area contributed by atoms with Crippen molar-refractivity contribution < 1.29 is 28.6 Å². The summed E-state index contributed by atoms with van der Waals surface area (Å²) in [6.07, 6.45) is 63.8. The number of carbonyl (C=O) groups excluding carboxylic acids is 3. The van der Waals surface area contributed by atoms with Gasteiger partial charge in [0.25, 0.3) is 0 Å². The van der Waals surface area contributed by atoms with Gasteiger partial charge in [0.15, 0.2) is 6.10 Å². The Balaban J connectivity index is 4.51. The summed E-state index contributed by atoms with van der Waals surface area (Å²) in [7, 11) is 0. The number of hydrogen-bond donors (Lipinski definition) is 0. The summed E-state index contributed by atoms with van der Waals surface area (Å²) >= 11 is 0. The van der Waals surface area contributed by atoms with Crippen LogP contribution in [0.25, 0.3) is 0 Å². The van der Waals surface area contributed by atoms with Crippen LogP contribution in [0.1, 0.15) is 194 Å². The highest BCUT2D eigenvalue weighted by molar-refractivity contribution is 5.71. The van der Waals surface area contributed by atoms with Crippen LogP contribution >= 0.6 is 0 Å². The fourth-order valence-electron chi connectivity index (χ4n) is 6.08. The summed E-state index contributed by atoms with van der Waals surface area (Å²) in [6, 6.07) is 0. The topological polar surface area (TPSA) is 78.9 Å². The van der Waals surface area contributed by atoms with Gasteiger partial charge < -0.3 is 14.2 Å². The van der Waals surface area contributed by atoms with Crippen molar-refractivity contribution in [3.8, 4) is 0 Å². The minimum absolute atomic E-state index is 0.129. The van der Waals surface area contributed by atoms with Gasteiger partial charge in [0, 0.05) is 19.3 Å². The highest BCUT2D eigenvalue weighted by Gasteiger charge is 2.19. The lowest BCUT2D eigenvalue weighted by atomic mass is 10.1. The van der Waals surface area contributed by atoms with Crippen LogP contribution in [0, 0.1) is 0 Å². The Morgan fingerprint density at radius 2 is 0.750 bits per heavy atom. The van der Waals surface area contributed by atoms with Crippen LogP contribution in [0.3, 0.4) is 0 Å². The molecule has 0 aliphatic carbocycles. The summed E-state index contributed by atoms with van der Waals surface area (Å²) < 4.78 is 16.6. The number of esters is 3. The second kappa shape index (κ2) is 47.7. The minimum Gasteiger partial charge on any atom is -0.462 e. The Morgan fingerprint density at radius 1 is 0.367 bits per heavy atom. The number of unbranched alkanes of at least 4 members (excludes halogenated alkanes) is 16. The third kappa shape index (κ3) is 45.2. The van der Waals surface area contributed by atoms with Crippen molar-refractivity contribution in [2.45, 2.75) is 200 Å². The summed E-state index contributed by atoms with van der Waals surface area (Å²) in [5, 5.41) is 0. The first kappa shape index (κ1) is 56.1. The molecule has 0 bridgehead atoms. The van der Waals surface area contributed by atoms with Crippen LogP contribution in [0.2, 0.25) is 0 Å². The molecule has 0 saturated carbocycles. The van der Waals surface area contributed by atoms with Gasteiger partial charge in [-0.2, -0.15) is 0 Å². The minimum atomic E-state index is -0.839. The van der Waals surface area contributed by atoms with E-state index in [2.05, 4.69) is 75.5 Å². The van der Waals surface area contributed by atoms with Gasteiger partial charge >= 0.3 is 17.9 Å². The summed E-state index contributed by atoms with van der Waals surface area (Å²) in [5.74, 6) is -1.08. The molecule has 0 saturated heterocycles. The Bertz CT molecular complexity index is 1280. The smallest absolute Gasteiger partial charge is 0.306 e. The largest absolute Gasteiger partial charge is 0.462 e. The maximum Gasteiger partial charge on any atom is 0.306 e. The second-order valence-electron chi connectivity index (χ2n) is 15.4. The molecule has 6 nitrogen and oxygen atoms in total. The van der Waals surface area contributed by atoms with Crippen molar-refractivity contribution in [2.75, 3.05) is 13.2 Å². The van der Waals surface area contributed by atoms with Crippen LogP contribution in [0.4, 0.5) is 0 Å². The number of carbonyl (C=O) groups is 3. The zero-order chi connectivity index (χ0) is 43.7. The quantitative estimate of drug-likeness (QED) is 0.0201. The van der Waals surface area contributed by atoms with E-state index in [9.17, 15) is 14.4 Å². The van der Waals surface area contributed by atoms with E-state index >= 15 is 0 Å². The summed E-state index contributed by atoms with van der Waals surface area (Å²) in [6.45, 7) is 6.23. The number of allylic oxidation sites excluding steroid dienone is 18. The van der Waals surface area contributed by atoms with Crippen LogP contribution in [0.5, 0.6) is 0 Å². The Labute approximate surface area is 368 Å². The molecule has 0 aromatic rings. The first-order valence-electron chi connectivity index (χ1n) is 24.0. The first-order valence-corrected chi connectivity index (χ1v) is 24.0. The Morgan fingerprint density at radius 3 is 1.30 bits per heavy atom. The van der Waals surface area contributed by atoms with Gasteiger partial charge in [-0.05, 0) is 83.5 Å². The van der Waals surface area contributed by atoms with E-state index in [4.69, 9.17) is 14.2 Å². The van der Waals surface area contributed by atoms with E-state index in [1.54, 1.807) is 0 Å². The molecule has 1 atom stereocenters. The van der Waals surface area contributed by atoms with E-state index in [-0.39, 0.29) is 38.0 Å². The van der Waals surface area contributed by atoms with E-state index < -0.39 is 12.1 Å². The van der Waals surface area contributed by atoms with Crippen molar-refractivity contribution in [1.29, 1.82) is 0 Å². The maximum atomic E-state index is 12.7. The number of hydrogen-bond acceptors (Lipinski definition) is 6. The van der Waals surface area contributed by atoms with Crippen LogP contribution < -0.4 is 0 Å².